The number of alkyl halides is 3. The quantitative estimate of drug-likeness (QED) is 0.610. The second-order valence-electron chi connectivity index (χ2n) is 8.40. The molecular weight excluding hydrogens is 380 g/mol. The van der Waals surface area contributed by atoms with E-state index in [1.807, 2.05) is 45.9 Å². The zero-order valence-corrected chi connectivity index (χ0v) is 16.7. The van der Waals surface area contributed by atoms with Crippen LogP contribution in [0.2, 0.25) is 0 Å². The molecule has 3 aromatic rings. The molecule has 1 aromatic heterocycles. The summed E-state index contributed by atoms with van der Waals surface area (Å²) < 4.78 is 52.2. The average Bonchev–Trinajstić information content (AvgIpc) is 3.12. The van der Waals surface area contributed by atoms with Crippen molar-refractivity contribution in [2.75, 3.05) is 0 Å². The van der Waals surface area contributed by atoms with E-state index in [1.54, 1.807) is 10.9 Å². The third kappa shape index (κ3) is 3.67. The van der Waals surface area contributed by atoms with E-state index >= 15 is 0 Å². The Morgan fingerprint density at radius 3 is 2.17 bits per heavy atom. The highest BCUT2D eigenvalue weighted by atomic mass is 19.4. The van der Waals surface area contributed by atoms with Gasteiger partial charge in [-0.3, -0.25) is 4.68 Å². The molecule has 0 aliphatic carbocycles. The lowest BCUT2D eigenvalue weighted by atomic mass is 9.79. The molecule has 1 aliphatic heterocycles. The van der Waals surface area contributed by atoms with Gasteiger partial charge in [0.05, 0.1) is 35.0 Å². The highest BCUT2D eigenvalue weighted by molar-refractivity contribution is 6.62. The minimum atomic E-state index is -4.33. The van der Waals surface area contributed by atoms with E-state index in [0.717, 1.165) is 34.1 Å². The number of benzene rings is 2. The maximum Gasteiger partial charge on any atom is 0.494 e. The van der Waals surface area contributed by atoms with Gasteiger partial charge >= 0.3 is 13.3 Å². The number of aromatic nitrogens is 2. The van der Waals surface area contributed by atoms with E-state index in [1.165, 1.54) is 12.1 Å². The van der Waals surface area contributed by atoms with Crippen LogP contribution in [0.5, 0.6) is 0 Å². The summed E-state index contributed by atoms with van der Waals surface area (Å²) in [6.45, 7) is 8.42. The van der Waals surface area contributed by atoms with Gasteiger partial charge in [-0.15, -0.1) is 0 Å². The second kappa shape index (κ2) is 6.60. The topological polar surface area (TPSA) is 36.3 Å². The molecule has 152 valence electrons. The predicted molar refractivity (Wildman–Crippen MR) is 106 cm³/mol. The Balaban J connectivity index is 1.56. The molecule has 2 aromatic carbocycles. The first-order valence-electron chi connectivity index (χ1n) is 9.43. The fraction of sp³-hybridized carbons (Fsp3) is 0.381. The maximum atomic E-state index is 12.7. The summed E-state index contributed by atoms with van der Waals surface area (Å²) in [5.74, 6) is 0. The van der Waals surface area contributed by atoms with Crippen molar-refractivity contribution < 1.29 is 22.5 Å². The average molecular weight is 402 g/mol. The molecule has 0 spiro atoms. The lowest BCUT2D eigenvalue weighted by molar-refractivity contribution is -0.137. The fourth-order valence-corrected chi connectivity index (χ4v) is 3.33. The van der Waals surface area contributed by atoms with Crippen LogP contribution in [0, 0.1) is 0 Å². The molecule has 4 nitrogen and oxygen atoms in total. The monoisotopic (exact) mass is 402 g/mol. The van der Waals surface area contributed by atoms with Gasteiger partial charge < -0.3 is 9.31 Å². The van der Waals surface area contributed by atoms with Gasteiger partial charge in [-0.25, -0.2) is 0 Å². The van der Waals surface area contributed by atoms with Crippen LogP contribution in [0.15, 0.2) is 48.7 Å². The molecule has 29 heavy (non-hydrogen) atoms. The number of fused-ring (bicyclic) bond motifs is 1. The lowest BCUT2D eigenvalue weighted by Crippen LogP contribution is -2.41. The Kier molecular flexibility index (Phi) is 4.55. The zero-order chi connectivity index (χ0) is 21.0. The molecule has 0 bridgehead atoms. The van der Waals surface area contributed by atoms with Crippen molar-refractivity contribution in [1.29, 1.82) is 0 Å². The molecule has 0 saturated carbocycles. The predicted octanol–water partition coefficient (Wildman–Crippen LogP) is 4.40. The summed E-state index contributed by atoms with van der Waals surface area (Å²) in [6, 6.07) is 11.0. The summed E-state index contributed by atoms with van der Waals surface area (Å²) in [5, 5.41) is 5.32. The van der Waals surface area contributed by atoms with E-state index in [9.17, 15) is 13.2 Å². The van der Waals surface area contributed by atoms with Crippen molar-refractivity contribution in [3.05, 3.63) is 59.8 Å². The normalized spacial score (nSPS) is 18.5. The van der Waals surface area contributed by atoms with E-state index in [2.05, 4.69) is 5.10 Å². The first-order chi connectivity index (χ1) is 13.5. The first kappa shape index (κ1) is 20.0. The summed E-state index contributed by atoms with van der Waals surface area (Å²) in [6.07, 6.45) is -2.59. The molecule has 1 saturated heterocycles. The van der Waals surface area contributed by atoms with Crippen molar-refractivity contribution in [2.45, 2.75) is 51.6 Å². The molecule has 8 heteroatoms. The van der Waals surface area contributed by atoms with E-state index < -0.39 is 30.1 Å². The minimum Gasteiger partial charge on any atom is -0.399 e. The Bertz CT molecular complexity index is 1030. The van der Waals surface area contributed by atoms with E-state index in [4.69, 9.17) is 9.31 Å². The molecule has 0 N–H and O–H groups in total. The number of halogens is 3. The molecule has 0 atom stereocenters. The molecule has 0 unspecified atom stereocenters. The van der Waals surface area contributed by atoms with Crippen LogP contribution in [-0.2, 0) is 22.0 Å². The van der Waals surface area contributed by atoms with Gasteiger partial charge in [0.1, 0.15) is 0 Å². The first-order valence-corrected chi connectivity index (χ1v) is 9.43. The van der Waals surface area contributed by atoms with Crippen LogP contribution in [-0.4, -0.2) is 28.1 Å². The summed E-state index contributed by atoms with van der Waals surface area (Å²) in [7, 11) is -0.456. The standard InChI is InChI=1S/C21H22BF3N2O2/c1-19(2)20(3,4)29-22(28-19)17-9-10-18-15(11-17)12-26-27(18)13-14-5-7-16(8-6-14)21(23,24)25/h5-12H,13H2,1-4H3. The maximum absolute atomic E-state index is 12.7. The molecule has 2 heterocycles. The van der Waals surface area contributed by atoms with Gasteiger partial charge in [0.25, 0.3) is 0 Å². The zero-order valence-electron chi connectivity index (χ0n) is 16.7. The molecule has 1 aliphatic rings. The van der Waals surface area contributed by atoms with Gasteiger partial charge in [0.15, 0.2) is 0 Å². The molecule has 1 fully saturated rings. The van der Waals surface area contributed by atoms with Gasteiger partial charge in [0, 0.05) is 5.39 Å². The Hall–Kier alpha value is -2.32. The summed E-state index contributed by atoms with van der Waals surface area (Å²) in [4.78, 5) is 0. The molecule has 0 radical (unpaired) electrons. The van der Waals surface area contributed by atoms with Crippen LogP contribution in [0.25, 0.3) is 10.9 Å². The van der Waals surface area contributed by atoms with Crippen molar-refractivity contribution in [1.82, 2.24) is 9.78 Å². The smallest absolute Gasteiger partial charge is 0.399 e. The number of hydrogen-bond acceptors (Lipinski definition) is 3. The number of nitrogens with zero attached hydrogens (tertiary/aromatic N) is 2. The van der Waals surface area contributed by atoms with Crippen molar-refractivity contribution in [3.63, 3.8) is 0 Å². The van der Waals surface area contributed by atoms with Crippen LogP contribution in [0.1, 0.15) is 38.8 Å². The van der Waals surface area contributed by atoms with Crippen molar-refractivity contribution in [3.8, 4) is 0 Å². The third-order valence-corrected chi connectivity index (χ3v) is 5.80. The van der Waals surface area contributed by atoms with Crippen molar-refractivity contribution >= 4 is 23.5 Å². The minimum absolute atomic E-state index is 0.386. The van der Waals surface area contributed by atoms with Crippen LogP contribution in [0.4, 0.5) is 13.2 Å². The Morgan fingerprint density at radius 2 is 1.59 bits per heavy atom. The number of rotatable bonds is 3. The van der Waals surface area contributed by atoms with Crippen LogP contribution >= 0.6 is 0 Å². The van der Waals surface area contributed by atoms with Gasteiger partial charge in [-0.2, -0.15) is 18.3 Å². The van der Waals surface area contributed by atoms with E-state index in [-0.39, 0.29) is 0 Å². The highest BCUT2D eigenvalue weighted by Crippen LogP contribution is 2.36. The van der Waals surface area contributed by atoms with Crippen LogP contribution < -0.4 is 5.46 Å². The van der Waals surface area contributed by atoms with Crippen molar-refractivity contribution in [2.24, 2.45) is 0 Å². The largest absolute Gasteiger partial charge is 0.494 e. The summed E-state index contributed by atoms with van der Waals surface area (Å²) in [5.41, 5.74) is 1.06. The molecular formula is C21H22BF3N2O2. The fourth-order valence-electron chi connectivity index (χ4n) is 3.33. The lowest BCUT2D eigenvalue weighted by Gasteiger charge is -2.32. The summed E-state index contributed by atoms with van der Waals surface area (Å²) >= 11 is 0. The highest BCUT2D eigenvalue weighted by Gasteiger charge is 2.51. The number of hydrogen-bond donors (Lipinski definition) is 0. The SMILES string of the molecule is CC1(C)OB(c2ccc3c(cnn3Cc3ccc(C(F)(F)F)cc3)c2)OC1(C)C. The van der Waals surface area contributed by atoms with Gasteiger partial charge in [0.2, 0.25) is 0 Å². The van der Waals surface area contributed by atoms with Gasteiger partial charge in [-0.05, 0) is 56.9 Å². The molecule has 0 amide bonds. The Labute approximate surface area is 167 Å². The van der Waals surface area contributed by atoms with E-state index in [0.29, 0.717) is 6.54 Å². The molecule has 4 rings (SSSR count). The second-order valence-corrected chi connectivity index (χ2v) is 8.40. The Morgan fingerprint density at radius 1 is 0.966 bits per heavy atom. The van der Waals surface area contributed by atoms with Crippen LogP contribution in [0.3, 0.4) is 0 Å². The third-order valence-electron chi connectivity index (χ3n) is 5.80. The van der Waals surface area contributed by atoms with Gasteiger partial charge in [-0.1, -0.05) is 24.3 Å².